The number of fused-ring (bicyclic) bond motifs is 1. The maximum atomic E-state index is 12.6. The number of carbonyl (C=O) groups excluding carboxylic acids is 1. The molecule has 0 spiro atoms. The van der Waals surface area contributed by atoms with Crippen molar-refractivity contribution in [1.29, 1.82) is 0 Å². The molecule has 22 heavy (non-hydrogen) atoms. The average molecular weight is 313 g/mol. The number of nitrogens with one attached hydrogen (secondary N) is 2. The van der Waals surface area contributed by atoms with E-state index in [2.05, 4.69) is 35.1 Å². The van der Waals surface area contributed by atoms with E-state index in [0.717, 1.165) is 25.1 Å². The molecule has 0 aliphatic carbocycles. The highest BCUT2D eigenvalue weighted by Crippen LogP contribution is 2.34. The van der Waals surface area contributed by atoms with Gasteiger partial charge in [-0.2, -0.15) is 11.3 Å². The van der Waals surface area contributed by atoms with Gasteiger partial charge in [0.15, 0.2) is 0 Å². The molecule has 0 bridgehead atoms. The highest BCUT2D eigenvalue weighted by molar-refractivity contribution is 7.08. The molecular formula is C17H19N3OS. The average Bonchev–Trinajstić information content (AvgIpc) is 3.24. The number of nitrogens with zero attached hydrogens (tertiary/aromatic N) is 1. The topological polar surface area (TPSA) is 44.4 Å². The third-order valence-electron chi connectivity index (χ3n) is 4.72. The Morgan fingerprint density at radius 3 is 2.82 bits per heavy atom. The Labute approximate surface area is 134 Å². The minimum atomic E-state index is 0.165. The second-order valence-electron chi connectivity index (χ2n) is 6.00. The molecule has 3 atom stereocenters. The zero-order valence-electron chi connectivity index (χ0n) is 12.2. The lowest BCUT2D eigenvalue weighted by Gasteiger charge is -2.36. The molecule has 4 rings (SSSR count). The van der Waals surface area contributed by atoms with Gasteiger partial charge in [-0.3, -0.25) is 10.2 Å². The van der Waals surface area contributed by atoms with E-state index >= 15 is 0 Å². The molecule has 3 heterocycles. The van der Waals surface area contributed by atoms with E-state index in [-0.39, 0.29) is 11.9 Å². The van der Waals surface area contributed by atoms with E-state index in [1.165, 1.54) is 5.56 Å². The summed E-state index contributed by atoms with van der Waals surface area (Å²) >= 11 is 1.58. The molecule has 2 saturated heterocycles. The Balaban J connectivity index is 1.53. The Kier molecular flexibility index (Phi) is 3.70. The fourth-order valence-corrected chi connectivity index (χ4v) is 4.18. The summed E-state index contributed by atoms with van der Waals surface area (Å²) in [5.41, 5.74) is 8.94. The number of thiophene rings is 1. The molecule has 1 aromatic heterocycles. The Morgan fingerprint density at radius 2 is 2.05 bits per heavy atom. The van der Waals surface area contributed by atoms with Gasteiger partial charge in [0.05, 0.1) is 11.6 Å². The number of amides is 1. The minimum Gasteiger partial charge on any atom is -0.338 e. The second-order valence-corrected chi connectivity index (χ2v) is 6.78. The van der Waals surface area contributed by atoms with E-state index in [1.54, 1.807) is 11.3 Å². The molecule has 0 saturated carbocycles. The van der Waals surface area contributed by atoms with Crippen LogP contribution in [0.2, 0.25) is 0 Å². The van der Waals surface area contributed by atoms with Gasteiger partial charge in [0.2, 0.25) is 0 Å². The lowest BCUT2D eigenvalue weighted by Crippen LogP contribution is -2.47. The molecule has 1 aromatic carbocycles. The minimum absolute atomic E-state index is 0.165. The summed E-state index contributed by atoms with van der Waals surface area (Å²) < 4.78 is 0. The number of benzene rings is 1. The Morgan fingerprint density at radius 1 is 1.18 bits per heavy atom. The molecule has 3 unspecified atom stereocenters. The number of hydrogen-bond donors (Lipinski definition) is 2. The fourth-order valence-electron chi connectivity index (χ4n) is 3.55. The predicted octanol–water partition coefficient (Wildman–Crippen LogP) is 2.43. The monoisotopic (exact) mass is 313 g/mol. The van der Waals surface area contributed by atoms with Crippen LogP contribution in [0.4, 0.5) is 0 Å². The van der Waals surface area contributed by atoms with Crippen molar-refractivity contribution in [2.24, 2.45) is 5.92 Å². The summed E-state index contributed by atoms with van der Waals surface area (Å²) in [6.07, 6.45) is 0.997. The maximum Gasteiger partial charge on any atom is 0.254 e. The quantitative estimate of drug-likeness (QED) is 0.895. The van der Waals surface area contributed by atoms with Crippen LogP contribution < -0.4 is 10.9 Å². The highest BCUT2D eigenvalue weighted by Gasteiger charge is 2.41. The van der Waals surface area contributed by atoms with Gasteiger partial charge in [-0.15, -0.1) is 0 Å². The van der Waals surface area contributed by atoms with Crippen molar-refractivity contribution in [1.82, 2.24) is 15.8 Å². The van der Waals surface area contributed by atoms with Crippen LogP contribution in [0.15, 0.2) is 47.2 Å². The van der Waals surface area contributed by atoms with Gasteiger partial charge >= 0.3 is 0 Å². The highest BCUT2D eigenvalue weighted by atomic mass is 32.1. The summed E-state index contributed by atoms with van der Waals surface area (Å²) in [6, 6.07) is 13.1. The first kappa shape index (κ1) is 13.9. The molecule has 114 valence electrons. The lowest BCUT2D eigenvalue weighted by atomic mass is 9.85. The summed E-state index contributed by atoms with van der Waals surface area (Å²) in [7, 11) is 0. The number of hydrogen-bond acceptors (Lipinski definition) is 4. The zero-order chi connectivity index (χ0) is 14.9. The Hall–Kier alpha value is -1.69. The van der Waals surface area contributed by atoms with Crippen molar-refractivity contribution in [2.45, 2.75) is 18.5 Å². The van der Waals surface area contributed by atoms with Crippen molar-refractivity contribution in [3.8, 4) is 0 Å². The van der Waals surface area contributed by atoms with Gasteiger partial charge in [0.1, 0.15) is 0 Å². The van der Waals surface area contributed by atoms with Crippen molar-refractivity contribution >= 4 is 17.2 Å². The van der Waals surface area contributed by atoms with Gasteiger partial charge < -0.3 is 4.90 Å². The smallest absolute Gasteiger partial charge is 0.254 e. The van der Waals surface area contributed by atoms with Crippen molar-refractivity contribution in [3.63, 3.8) is 0 Å². The third kappa shape index (κ3) is 2.45. The van der Waals surface area contributed by atoms with Crippen LogP contribution in [0, 0.1) is 5.92 Å². The summed E-state index contributed by atoms with van der Waals surface area (Å²) in [6.45, 7) is 1.63. The third-order valence-corrected chi connectivity index (χ3v) is 5.41. The normalized spacial score (nSPS) is 27.6. The summed E-state index contributed by atoms with van der Waals surface area (Å²) in [4.78, 5) is 14.6. The lowest BCUT2D eigenvalue weighted by molar-refractivity contribution is 0.0653. The van der Waals surface area contributed by atoms with Crippen LogP contribution in [0.5, 0.6) is 0 Å². The molecular weight excluding hydrogens is 294 g/mol. The van der Waals surface area contributed by atoms with E-state index in [0.29, 0.717) is 12.0 Å². The molecule has 2 fully saturated rings. The van der Waals surface area contributed by atoms with Crippen molar-refractivity contribution in [3.05, 3.63) is 58.3 Å². The number of hydrazine groups is 1. The van der Waals surface area contributed by atoms with Crippen LogP contribution >= 0.6 is 11.3 Å². The number of piperidine rings is 1. The van der Waals surface area contributed by atoms with Gasteiger partial charge in [-0.25, -0.2) is 5.43 Å². The van der Waals surface area contributed by atoms with Gasteiger partial charge in [0.25, 0.3) is 5.91 Å². The molecule has 1 amide bonds. The maximum absolute atomic E-state index is 12.6. The molecule has 2 aliphatic rings. The van der Waals surface area contributed by atoms with E-state index in [1.807, 2.05) is 27.8 Å². The van der Waals surface area contributed by atoms with Crippen LogP contribution in [-0.4, -0.2) is 29.9 Å². The van der Waals surface area contributed by atoms with Gasteiger partial charge in [-0.1, -0.05) is 30.3 Å². The molecule has 2 N–H and O–H groups in total. The standard InChI is InChI=1S/C17H19N3OS/c21-17(13-7-9-22-11-13)20-8-6-15-14(10-20)16(19-18-15)12-4-2-1-3-5-12/h1-5,7,9,11,14-16,18-19H,6,8,10H2. The van der Waals surface area contributed by atoms with Crippen LogP contribution in [-0.2, 0) is 0 Å². The van der Waals surface area contributed by atoms with Crippen LogP contribution in [0.3, 0.4) is 0 Å². The largest absolute Gasteiger partial charge is 0.338 e. The number of likely N-dealkylation sites (tertiary alicyclic amines) is 1. The van der Waals surface area contributed by atoms with Gasteiger partial charge in [-0.05, 0) is 23.4 Å². The molecule has 4 nitrogen and oxygen atoms in total. The molecule has 2 aliphatic heterocycles. The second kappa shape index (κ2) is 5.83. The van der Waals surface area contributed by atoms with Crippen LogP contribution in [0.1, 0.15) is 28.4 Å². The first-order chi connectivity index (χ1) is 10.8. The van der Waals surface area contributed by atoms with E-state index < -0.39 is 0 Å². The molecule has 2 aromatic rings. The van der Waals surface area contributed by atoms with Crippen molar-refractivity contribution in [2.75, 3.05) is 13.1 Å². The molecule has 5 heteroatoms. The van der Waals surface area contributed by atoms with E-state index in [4.69, 9.17) is 0 Å². The Bertz CT molecular complexity index is 643. The molecule has 0 radical (unpaired) electrons. The summed E-state index contributed by atoms with van der Waals surface area (Å²) in [5, 5.41) is 3.90. The first-order valence-electron chi connectivity index (χ1n) is 7.70. The number of carbonyl (C=O) groups is 1. The SMILES string of the molecule is O=C(c1ccsc1)N1CCC2NNC(c3ccccc3)C2C1. The summed E-state index contributed by atoms with van der Waals surface area (Å²) in [5.74, 6) is 0.581. The van der Waals surface area contributed by atoms with Crippen molar-refractivity contribution < 1.29 is 4.79 Å². The first-order valence-corrected chi connectivity index (χ1v) is 8.64. The van der Waals surface area contributed by atoms with Gasteiger partial charge in [0, 0.05) is 30.4 Å². The fraction of sp³-hybridized carbons (Fsp3) is 0.353. The predicted molar refractivity (Wildman–Crippen MR) is 87.6 cm³/mol. The van der Waals surface area contributed by atoms with E-state index in [9.17, 15) is 4.79 Å². The zero-order valence-corrected chi connectivity index (χ0v) is 13.1. The van der Waals surface area contributed by atoms with Crippen LogP contribution in [0.25, 0.3) is 0 Å². The number of rotatable bonds is 2.